The van der Waals surface area contributed by atoms with Gasteiger partial charge in [0.25, 0.3) is 5.69 Å². The molecule has 3 rings (SSSR count). The molecule has 3 aromatic rings. The lowest BCUT2D eigenvalue weighted by molar-refractivity contribution is -0.387. The van der Waals surface area contributed by atoms with Gasteiger partial charge in [0.05, 0.1) is 10.5 Å². The second kappa shape index (κ2) is 8.89. The molecule has 0 unspecified atom stereocenters. The summed E-state index contributed by atoms with van der Waals surface area (Å²) in [5.74, 6) is -1.59. The predicted molar refractivity (Wildman–Crippen MR) is 109 cm³/mol. The molecular weight excluding hydrogens is 447 g/mol. The Balaban J connectivity index is 1.76. The van der Waals surface area contributed by atoms with E-state index in [1.807, 2.05) is 0 Å². The number of rotatable bonds is 7. The largest absolute Gasteiger partial charge is 0.454 e. The van der Waals surface area contributed by atoms with Crippen LogP contribution in [0.4, 0.5) is 27.7 Å². The smallest absolute Gasteiger partial charge is 0.338 e. The third-order valence-corrected chi connectivity index (χ3v) is 5.07. The number of nitrogens with one attached hydrogen (secondary N) is 1. The molecule has 12 nitrogen and oxygen atoms in total. The normalized spacial score (nSPS) is 11.1. The highest BCUT2D eigenvalue weighted by molar-refractivity contribution is 7.90. The zero-order valence-electron chi connectivity index (χ0n) is 16.4. The molecule has 0 fully saturated rings. The van der Waals surface area contributed by atoms with Crippen molar-refractivity contribution in [2.75, 3.05) is 17.3 Å². The molecule has 0 saturated carbocycles. The number of hydrogen-bond donors (Lipinski definition) is 2. The van der Waals surface area contributed by atoms with Gasteiger partial charge in [-0.2, -0.15) is 15.0 Å². The van der Waals surface area contributed by atoms with Crippen molar-refractivity contribution in [2.45, 2.75) is 11.5 Å². The van der Waals surface area contributed by atoms with Crippen molar-refractivity contribution in [3.05, 3.63) is 69.8 Å². The molecule has 166 valence electrons. The number of carbonyl (C=O) groups excluding carboxylic acids is 1. The minimum Gasteiger partial charge on any atom is -0.454 e. The van der Waals surface area contributed by atoms with Gasteiger partial charge in [0.2, 0.25) is 11.9 Å². The lowest BCUT2D eigenvalue weighted by Gasteiger charge is -2.08. The van der Waals surface area contributed by atoms with Crippen molar-refractivity contribution in [2.24, 2.45) is 0 Å². The number of benzene rings is 2. The van der Waals surface area contributed by atoms with E-state index >= 15 is 0 Å². The second-order valence-corrected chi connectivity index (χ2v) is 8.34. The van der Waals surface area contributed by atoms with Crippen LogP contribution in [0.2, 0.25) is 0 Å². The standard InChI is InChI=1S/C18H15FN6O6S/c1-32(29,30)14-7-2-10(8-13(14)25(27)28)16(26)31-9-15-22-17(20)24-18(23-15)21-12-5-3-11(19)4-6-12/h2-8H,9H2,1H3,(H3,20,21,22,23,24). The van der Waals surface area contributed by atoms with Crippen LogP contribution in [0.1, 0.15) is 16.2 Å². The summed E-state index contributed by atoms with van der Waals surface area (Å²) in [6.45, 7) is -0.453. The summed E-state index contributed by atoms with van der Waals surface area (Å²) in [4.78, 5) is 33.8. The number of anilines is 3. The molecule has 0 spiro atoms. The maximum absolute atomic E-state index is 13.0. The van der Waals surface area contributed by atoms with E-state index in [0.717, 1.165) is 24.5 Å². The van der Waals surface area contributed by atoms with Crippen molar-refractivity contribution in [1.82, 2.24) is 15.0 Å². The fourth-order valence-electron chi connectivity index (χ4n) is 2.53. The zero-order valence-corrected chi connectivity index (χ0v) is 17.2. The van der Waals surface area contributed by atoms with Gasteiger partial charge in [-0.1, -0.05) is 0 Å². The maximum Gasteiger partial charge on any atom is 0.338 e. The number of nitrogens with two attached hydrogens (primary N) is 1. The van der Waals surface area contributed by atoms with Crippen LogP contribution in [0.5, 0.6) is 0 Å². The van der Waals surface area contributed by atoms with Gasteiger partial charge in [-0.15, -0.1) is 0 Å². The van der Waals surface area contributed by atoms with Crippen LogP contribution >= 0.6 is 0 Å². The molecule has 0 aliphatic heterocycles. The topological polar surface area (TPSA) is 180 Å². The number of ether oxygens (including phenoxy) is 1. The van der Waals surface area contributed by atoms with Crippen LogP contribution < -0.4 is 11.1 Å². The van der Waals surface area contributed by atoms with E-state index in [-0.39, 0.29) is 23.3 Å². The van der Waals surface area contributed by atoms with E-state index in [4.69, 9.17) is 10.5 Å². The lowest BCUT2D eigenvalue weighted by Crippen LogP contribution is -2.12. The number of nitro groups is 1. The highest BCUT2D eigenvalue weighted by Gasteiger charge is 2.24. The Labute approximate surface area is 180 Å². The van der Waals surface area contributed by atoms with Crippen LogP contribution in [0, 0.1) is 15.9 Å². The molecule has 0 bridgehead atoms. The number of carbonyl (C=O) groups is 1. The summed E-state index contributed by atoms with van der Waals surface area (Å²) in [7, 11) is -3.88. The number of nitrogen functional groups attached to an aromatic ring is 1. The van der Waals surface area contributed by atoms with Gasteiger partial charge in [0.1, 0.15) is 10.7 Å². The van der Waals surface area contributed by atoms with Crippen LogP contribution in [0.15, 0.2) is 47.4 Å². The first-order valence-electron chi connectivity index (χ1n) is 8.71. The zero-order chi connectivity index (χ0) is 23.5. The van der Waals surface area contributed by atoms with Crippen LogP contribution in [0.25, 0.3) is 0 Å². The monoisotopic (exact) mass is 462 g/mol. The van der Waals surface area contributed by atoms with E-state index in [0.29, 0.717) is 5.69 Å². The Morgan fingerprint density at radius 1 is 1.19 bits per heavy atom. The Bertz CT molecular complexity index is 1300. The molecule has 3 N–H and O–H groups in total. The minimum absolute atomic E-state index is 0.0169. The Morgan fingerprint density at radius 2 is 1.88 bits per heavy atom. The van der Waals surface area contributed by atoms with Crippen LogP contribution in [-0.4, -0.2) is 40.5 Å². The van der Waals surface area contributed by atoms with Gasteiger partial charge in [0.15, 0.2) is 22.3 Å². The van der Waals surface area contributed by atoms with Gasteiger partial charge in [-0.3, -0.25) is 10.1 Å². The second-order valence-electron chi connectivity index (χ2n) is 6.35. The van der Waals surface area contributed by atoms with Crippen molar-refractivity contribution in [3.63, 3.8) is 0 Å². The number of hydrogen-bond acceptors (Lipinski definition) is 11. The molecule has 0 aliphatic rings. The number of nitro benzene ring substituents is 1. The SMILES string of the molecule is CS(=O)(=O)c1ccc(C(=O)OCc2nc(N)nc(Nc3ccc(F)cc3)n2)cc1[N+](=O)[O-]. The first kappa shape index (κ1) is 22.5. The maximum atomic E-state index is 13.0. The molecule has 0 aliphatic carbocycles. The third-order valence-electron chi connectivity index (χ3n) is 3.92. The number of aromatic nitrogens is 3. The quantitative estimate of drug-likeness (QED) is 0.298. The van der Waals surface area contributed by atoms with Gasteiger partial charge in [-0.05, 0) is 36.4 Å². The molecule has 0 amide bonds. The molecule has 14 heteroatoms. The van der Waals surface area contributed by atoms with Gasteiger partial charge >= 0.3 is 5.97 Å². The summed E-state index contributed by atoms with van der Waals surface area (Å²) < 4.78 is 41.4. The fraction of sp³-hybridized carbons (Fsp3) is 0.111. The Hall–Kier alpha value is -4.20. The van der Waals surface area contributed by atoms with Crippen LogP contribution in [0.3, 0.4) is 0 Å². The first-order valence-corrected chi connectivity index (χ1v) is 10.6. The van der Waals surface area contributed by atoms with E-state index < -0.39 is 43.7 Å². The van der Waals surface area contributed by atoms with Crippen molar-refractivity contribution < 1.29 is 27.3 Å². The average molecular weight is 462 g/mol. The van der Waals surface area contributed by atoms with E-state index in [9.17, 15) is 27.7 Å². The number of nitrogens with zero attached hydrogens (tertiary/aromatic N) is 4. The summed E-state index contributed by atoms with van der Waals surface area (Å²) in [5, 5.41) is 14.0. The van der Waals surface area contributed by atoms with Gasteiger partial charge in [-0.25, -0.2) is 17.6 Å². The van der Waals surface area contributed by atoms with Crippen molar-refractivity contribution >= 4 is 39.1 Å². The number of sulfone groups is 1. The predicted octanol–water partition coefficient (Wildman–Crippen LogP) is 2.01. The highest BCUT2D eigenvalue weighted by Crippen LogP contribution is 2.25. The number of halogens is 1. The van der Waals surface area contributed by atoms with E-state index in [1.54, 1.807) is 0 Å². The molecule has 1 aromatic heterocycles. The molecule has 32 heavy (non-hydrogen) atoms. The Kier molecular flexibility index (Phi) is 6.25. The fourth-order valence-corrected chi connectivity index (χ4v) is 3.36. The molecule has 1 heterocycles. The van der Waals surface area contributed by atoms with Crippen molar-refractivity contribution in [3.8, 4) is 0 Å². The molecule has 0 radical (unpaired) electrons. The third kappa shape index (κ3) is 5.48. The minimum atomic E-state index is -3.88. The van der Waals surface area contributed by atoms with Crippen molar-refractivity contribution in [1.29, 1.82) is 0 Å². The molecule has 0 saturated heterocycles. The van der Waals surface area contributed by atoms with E-state index in [2.05, 4.69) is 20.3 Å². The summed E-state index contributed by atoms with van der Waals surface area (Å²) in [5.41, 5.74) is 5.11. The first-order chi connectivity index (χ1) is 15.0. The van der Waals surface area contributed by atoms with E-state index in [1.165, 1.54) is 24.3 Å². The number of esters is 1. The summed E-state index contributed by atoms with van der Waals surface area (Å²) in [6.07, 6.45) is 0.816. The lowest BCUT2D eigenvalue weighted by atomic mass is 10.2. The summed E-state index contributed by atoms with van der Waals surface area (Å²) in [6, 6.07) is 8.20. The van der Waals surface area contributed by atoms with Gasteiger partial charge in [0, 0.05) is 18.0 Å². The van der Waals surface area contributed by atoms with Gasteiger partial charge < -0.3 is 15.8 Å². The summed E-state index contributed by atoms with van der Waals surface area (Å²) >= 11 is 0. The van der Waals surface area contributed by atoms with Crippen LogP contribution in [-0.2, 0) is 21.2 Å². The molecule has 0 atom stereocenters. The molecular formula is C18H15FN6O6S. The molecule has 2 aromatic carbocycles. The average Bonchev–Trinajstić information content (AvgIpc) is 2.72. The Morgan fingerprint density at radius 3 is 2.50 bits per heavy atom. The highest BCUT2D eigenvalue weighted by atomic mass is 32.2.